The monoisotopic (exact) mass is 540 g/mol. The van der Waals surface area contributed by atoms with Gasteiger partial charge in [0.25, 0.3) is 0 Å². The third-order valence-electron chi connectivity index (χ3n) is 13.4. The highest BCUT2D eigenvalue weighted by molar-refractivity contribution is 5.87. The molecule has 2 N–H and O–H groups in total. The Balaban J connectivity index is 1.05. The largest absolute Gasteiger partial charge is 0.504 e. The van der Waals surface area contributed by atoms with Crippen molar-refractivity contribution in [3.05, 3.63) is 52.6 Å². The number of rotatable bonds is 2. The third-order valence-corrected chi connectivity index (χ3v) is 13.4. The zero-order valence-electron chi connectivity index (χ0n) is 24.1. The molecular formula is C36H44O4. The van der Waals surface area contributed by atoms with E-state index >= 15 is 0 Å². The van der Waals surface area contributed by atoms with E-state index in [1.807, 2.05) is 6.07 Å². The Morgan fingerprint density at radius 2 is 1.50 bits per heavy atom. The molecule has 4 nitrogen and oxygen atoms in total. The summed E-state index contributed by atoms with van der Waals surface area (Å²) in [6.07, 6.45) is 12.5. The van der Waals surface area contributed by atoms with Crippen molar-refractivity contribution >= 4 is 5.78 Å². The summed E-state index contributed by atoms with van der Waals surface area (Å²) in [6.45, 7) is 4.57. The van der Waals surface area contributed by atoms with Crippen LogP contribution in [0.2, 0.25) is 0 Å². The zero-order chi connectivity index (χ0) is 27.4. The molecule has 0 saturated heterocycles. The number of aryl methyl sites for hydroxylation is 2. The van der Waals surface area contributed by atoms with E-state index in [1.165, 1.54) is 41.5 Å². The first-order chi connectivity index (χ1) is 19.3. The lowest BCUT2D eigenvalue weighted by Gasteiger charge is -2.50. The van der Waals surface area contributed by atoms with Crippen molar-refractivity contribution in [1.29, 1.82) is 0 Å². The summed E-state index contributed by atoms with van der Waals surface area (Å²) in [6, 6.07) is 10.7. The lowest BCUT2D eigenvalue weighted by molar-refractivity contribution is -0.129. The summed E-state index contributed by atoms with van der Waals surface area (Å²) >= 11 is 0. The maximum Gasteiger partial charge on any atom is 0.169 e. The number of Topliss-reactive ketones (excluding diaryl/α,β-unsaturated/α-hetero) is 1. The van der Waals surface area contributed by atoms with Gasteiger partial charge in [-0.05, 0) is 158 Å². The molecule has 6 aliphatic rings. The van der Waals surface area contributed by atoms with Gasteiger partial charge < -0.3 is 14.9 Å². The maximum absolute atomic E-state index is 12.7. The number of aliphatic hydroxyl groups is 1. The van der Waals surface area contributed by atoms with Crippen LogP contribution in [0.3, 0.4) is 0 Å². The van der Waals surface area contributed by atoms with Gasteiger partial charge in [-0.1, -0.05) is 19.9 Å². The highest BCUT2D eigenvalue weighted by Gasteiger charge is 2.55. The Hall–Kier alpha value is -2.33. The molecule has 0 bridgehead atoms. The Morgan fingerprint density at radius 3 is 2.33 bits per heavy atom. The van der Waals surface area contributed by atoms with Crippen LogP contribution < -0.4 is 4.74 Å². The zero-order valence-corrected chi connectivity index (χ0v) is 24.1. The second-order valence-corrected chi connectivity index (χ2v) is 14.9. The highest BCUT2D eigenvalue weighted by atomic mass is 16.5. The van der Waals surface area contributed by atoms with Crippen LogP contribution in [0.15, 0.2) is 30.3 Å². The number of carbonyl (C=O) groups is 1. The van der Waals surface area contributed by atoms with Crippen LogP contribution in [0.5, 0.6) is 17.2 Å². The van der Waals surface area contributed by atoms with Crippen molar-refractivity contribution < 1.29 is 19.7 Å². The lowest BCUT2D eigenvalue weighted by Crippen LogP contribution is -2.43. The van der Waals surface area contributed by atoms with E-state index in [9.17, 15) is 15.0 Å². The number of benzene rings is 2. The Morgan fingerprint density at radius 1 is 0.775 bits per heavy atom. The van der Waals surface area contributed by atoms with Crippen LogP contribution in [0.4, 0.5) is 0 Å². The molecule has 4 heteroatoms. The molecule has 40 heavy (non-hydrogen) atoms. The van der Waals surface area contributed by atoms with Gasteiger partial charge in [0.05, 0.1) is 6.10 Å². The van der Waals surface area contributed by atoms with Crippen LogP contribution in [0.25, 0.3) is 0 Å². The predicted octanol–water partition coefficient (Wildman–Crippen LogP) is 7.83. The molecule has 9 atom stereocenters. The minimum absolute atomic E-state index is 0.106. The molecule has 212 valence electrons. The summed E-state index contributed by atoms with van der Waals surface area (Å²) < 4.78 is 6.44. The quantitative estimate of drug-likeness (QED) is 0.407. The first-order valence-electron chi connectivity index (χ1n) is 16.1. The van der Waals surface area contributed by atoms with Crippen LogP contribution in [-0.2, 0) is 17.6 Å². The maximum atomic E-state index is 12.7. The lowest BCUT2D eigenvalue weighted by atomic mass is 9.55. The van der Waals surface area contributed by atoms with E-state index in [0.717, 1.165) is 63.5 Å². The van der Waals surface area contributed by atoms with Gasteiger partial charge in [-0.25, -0.2) is 0 Å². The molecule has 2 aromatic carbocycles. The molecule has 0 aliphatic heterocycles. The van der Waals surface area contributed by atoms with Gasteiger partial charge in [0.2, 0.25) is 0 Å². The summed E-state index contributed by atoms with van der Waals surface area (Å²) in [7, 11) is 0. The second-order valence-electron chi connectivity index (χ2n) is 14.9. The Bertz CT molecular complexity index is 1380. The molecule has 0 aromatic heterocycles. The average molecular weight is 541 g/mol. The molecule has 8 rings (SSSR count). The van der Waals surface area contributed by atoms with Gasteiger partial charge in [0.15, 0.2) is 11.5 Å². The van der Waals surface area contributed by atoms with E-state index in [1.54, 1.807) is 0 Å². The standard InChI is InChI=1S/C36H44O4/c1-35-15-13-24-23-8-5-22(17-20(23)3-6-26(24)29(35)9-11-33(35)38)40-32-19-28-21(18-31(32)37)4-7-27-25(28)14-16-36(2)30(27)10-12-34(36)39/h5,8,17-19,24-27,29-30,33,37-38H,3-4,6-7,9-16H2,1-2H3/t24-,25+,26-,27-,29+,30+,33+,35+,36+/m1/s1. The molecule has 4 fully saturated rings. The summed E-state index contributed by atoms with van der Waals surface area (Å²) in [5.74, 6) is 5.53. The molecular weight excluding hydrogens is 496 g/mol. The molecule has 6 aliphatic carbocycles. The summed E-state index contributed by atoms with van der Waals surface area (Å²) in [4.78, 5) is 12.7. The third kappa shape index (κ3) is 3.50. The molecule has 0 unspecified atom stereocenters. The Kier molecular flexibility index (Phi) is 5.61. The molecule has 0 radical (unpaired) electrons. The minimum Gasteiger partial charge on any atom is -0.504 e. The normalized spacial score (nSPS) is 41.3. The topological polar surface area (TPSA) is 66.8 Å². The smallest absolute Gasteiger partial charge is 0.169 e. The minimum atomic E-state index is -0.131. The van der Waals surface area contributed by atoms with Crippen LogP contribution >= 0.6 is 0 Å². The van der Waals surface area contributed by atoms with Crippen LogP contribution in [0, 0.1) is 34.5 Å². The van der Waals surface area contributed by atoms with E-state index < -0.39 is 0 Å². The number of hydrogen-bond donors (Lipinski definition) is 2. The second kappa shape index (κ2) is 8.84. The fourth-order valence-electron chi connectivity index (χ4n) is 11.2. The average Bonchev–Trinajstić information content (AvgIpc) is 3.43. The fourth-order valence-corrected chi connectivity index (χ4v) is 11.2. The van der Waals surface area contributed by atoms with Gasteiger partial charge in [0, 0.05) is 11.8 Å². The number of carbonyl (C=O) groups excluding carboxylic acids is 1. The SMILES string of the molecule is C[C@]12CC[C@@H]3c4ccc(Oc5cc6c(cc5O)CC[C@@H]5[C@@H]6CC[C@]6(C)C(=O)CC[C@@H]56)cc4CC[C@H]3[C@@H]1CC[C@@H]2O. The molecule has 0 spiro atoms. The van der Waals surface area contributed by atoms with Gasteiger partial charge in [-0.2, -0.15) is 0 Å². The van der Waals surface area contributed by atoms with Crippen molar-refractivity contribution in [2.24, 2.45) is 34.5 Å². The van der Waals surface area contributed by atoms with Gasteiger partial charge in [0.1, 0.15) is 11.5 Å². The highest BCUT2D eigenvalue weighted by Crippen LogP contribution is 2.62. The van der Waals surface area contributed by atoms with Crippen LogP contribution in [-0.4, -0.2) is 22.1 Å². The number of phenolic OH excluding ortho intramolecular Hbond substituents is 1. The summed E-state index contributed by atoms with van der Waals surface area (Å²) in [5, 5.41) is 21.7. The number of ketones is 1. The van der Waals surface area contributed by atoms with Crippen molar-refractivity contribution in [2.75, 3.05) is 0 Å². The summed E-state index contributed by atoms with van der Waals surface area (Å²) in [5.41, 5.74) is 5.48. The number of hydrogen-bond acceptors (Lipinski definition) is 4. The van der Waals surface area contributed by atoms with E-state index in [-0.39, 0.29) is 22.7 Å². The Labute approximate surface area is 238 Å². The van der Waals surface area contributed by atoms with Gasteiger partial charge >= 0.3 is 0 Å². The molecule has 0 heterocycles. The number of aliphatic hydroxyl groups excluding tert-OH is 1. The predicted molar refractivity (Wildman–Crippen MR) is 155 cm³/mol. The number of fused-ring (bicyclic) bond motifs is 10. The van der Waals surface area contributed by atoms with Crippen molar-refractivity contribution in [3.8, 4) is 17.2 Å². The van der Waals surface area contributed by atoms with Gasteiger partial charge in [-0.3, -0.25) is 4.79 Å². The van der Waals surface area contributed by atoms with Crippen molar-refractivity contribution in [2.45, 2.75) is 109 Å². The van der Waals surface area contributed by atoms with E-state index in [0.29, 0.717) is 47.0 Å². The molecule has 0 amide bonds. The first kappa shape index (κ1) is 25.4. The first-order valence-corrected chi connectivity index (χ1v) is 16.1. The van der Waals surface area contributed by atoms with Crippen LogP contribution in [0.1, 0.15) is 112 Å². The number of ether oxygens (including phenoxy) is 1. The van der Waals surface area contributed by atoms with Gasteiger partial charge in [-0.15, -0.1) is 0 Å². The van der Waals surface area contributed by atoms with E-state index in [4.69, 9.17) is 4.74 Å². The van der Waals surface area contributed by atoms with Crippen molar-refractivity contribution in [3.63, 3.8) is 0 Å². The van der Waals surface area contributed by atoms with E-state index in [2.05, 4.69) is 38.1 Å². The number of phenols is 1. The molecule has 4 saturated carbocycles. The molecule has 2 aromatic rings. The number of aromatic hydroxyl groups is 1. The van der Waals surface area contributed by atoms with Crippen molar-refractivity contribution in [1.82, 2.24) is 0 Å². The fraction of sp³-hybridized carbons (Fsp3) is 0.639.